The van der Waals surface area contributed by atoms with E-state index in [0.29, 0.717) is 36.0 Å². The molecule has 0 atom stereocenters. The van der Waals surface area contributed by atoms with Gasteiger partial charge in [0.2, 0.25) is 0 Å². The minimum atomic E-state index is -0.194. The molecule has 104 valence electrons. The van der Waals surface area contributed by atoms with Crippen LogP contribution in [0.1, 0.15) is 25.3 Å². The van der Waals surface area contributed by atoms with Crippen LogP contribution in [0.5, 0.6) is 0 Å². The highest BCUT2D eigenvalue weighted by Crippen LogP contribution is 2.28. The number of carbonyl (C=O) groups excluding carboxylic acids is 1. The van der Waals surface area contributed by atoms with Crippen LogP contribution in [0.3, 0.4) is 0 Å². The number of halogens is 2. The normalized spacial score (nSPS) is 14.7. The highest BCUT2D eigenvalue weighted by atomic mass is 35.5. The van der Waals surface area contributed by atoms with Gasteiger partial charge in [0.1, 0.15) is 10.3 Å². The first-order valence-corrected chi connectivity index (χ1v) is 7.05. The van der Waals surface area contributed by atoms with E-state index in [-0.39, 0.29) is 5.97 Å². The number of rotatable bonds is 6. The maximum absolute atomic E-state index is 11.6. The summed E-state index contributed by atoms with van der Waals surface area (Å²) in [4.78, 5) is 17.6. The Kier molecular flexibility index (Phi) is 5.02. The Balaban J connectivity index is 2.01. The van der Waals surface area contributed by atoms with E-state index < -0.39 is 0 Å². The van der Waals surface area contributed by atoms with Gasteiger partial charge in [0, 0.05) is 12.6 Å². The summed E-state index contributed by atoms with van der Waals surface area (Å²) >= 11 is 11.8. The molecule has 19 heavy (non-hydrogen) atoms. The van der Waals surface area contributed by atoms with Gasteiger partial charge in [-0.1, -0.05) is 23.2 Å². The first-order chi connectivity index (χ1) is 9.08. The number of carbonyl (C=O) groups is 1. The van der Waals surface area contributed by atoms with E-state index in [1.807, 2.05) is 6.92 Å². The Hall–Kier alpha value is -0.840. The number of nitrogens with zero attached hydrogens (tertiary/aromatic N) is 2. The Morgan fingerprint density at radius 1 is 1.42 bits per heavy atom. The second-order valence-electron chi connectivity index (χ2n) is 4.56. The molecule has 1 saturated carbocycles. The van der Waals surface area contributed by atoms with Gasteiger partial charge < -0.3 is 4.74 Å². The molecule has 0 unspecified atom stereocenters. The van der Waals surface area contributed by atoms with Crippen molar-refractivity contribution < 1.29 is 9.53 Å². The lowest BCUT2D eigenvalue weighted by Gasteiger charge is -2.21. The summed E-state index contributed by atoms with van der Waals surface area (Å²) in [5, 5.41) is 0.740. The predicted octanol–water partition coefficient (Wildman–Crippen LogP) is 2.92. The summed E-state index contributed by atoms with van der Waals surface area (Å²) < 4.78 is 4.99. The number of esters is 1. The SMILES string of the molecule is CCOC(=O)CN(Cc1cc(Cl)nc(Cl)c1)C1CC1. The van der Waals surface area contributed by atoms with Crippen molar-refractivity contribution >= 4 is 29.2 Å². The molecule has 1 fully saturated rings. The maximum Gasteiger partial charge on any atom is 0.320 e. The predicted molar refractivity (Wildman–Crippen MR) is 74.3 cm³/mol. The van der Waals surface area contributed by atoms with Gasteiger partial charge in [-0.25, -0.2) is 4.98 Å². The zero-order valence-electron chi connectivity index (χ0n) is 10.7. The van der Waals surface area contributed by atoms with Gasteiger partial charge in [-0.3, -0.25) is 9.69 Å². The number of aromatic nitrogens is 1. The van der Waals surface area contributed by atoms with Gasteiger partial charge in [0.25, 0.3) is 0 Å². The van der Waals surface area contributed by atoms with Gasteiger partial charge in [-0.15, -0.1) is 0 Å². The summed E-state index contributed by atoms with van der Waals surface area (Å²) in [6.45, 7) is 3.15. The van der Waals surface area contributed by atoms with E-state index in [2.05, 4.69) is 9.88 Å². The average molecular weight is 303 g/mol. The van der Waals surface area contributed by atoms with Crippen molar-refractivity contribution in [2.24, 2.45) is 0 Å². The van der Waals surface area contributed by atoms with Crippen LogP contribution in [-0.4, -0.2) is 35.0 Å². The maximum atomic E-state index is 11.6. The van der Waals surface area contributed by atoms with Gasteiger partial charge >= 0.3 is 5.97 Å². The van der Waals surface area contributed by atoms with Crippen molar-refractivity contribution in [3.05, 3.63) is 28.0 Å². The van der Waals surface area contributed by atoms with Crippen LogP contribution in [0.15, 0.2) is 12.1 Å². The molecule has 0 radical (unpaired) electrons. The fourth-order valence-corrected chi connectivity index (χ4v) is 2.47. The van der Waals surface area contributed by atoms with Gasteiger partial charge in [0.05, 0.1) is 13.2 Å². The monoisotopic (exact) mass is 302 g/mol. The third-order valence-electron chi connectivity index (χ3n) is 2.91. The second kappa shape index (κ2) is 6.55. The molecule has 2 rings (SSSR count). The standard InChI is InChI=1S/C13H16Cl2N2O2/c1-2-19-13(18)8-17(10-3-4-10)7-9-5-11(14)16-12(15)6-9/h5-6,10H,2-4,7-8H2,1H3. The van der Waals surface area contributed by atoms with Crippen molar-refractivity contribution in [1.82, 2.24) is 9.88 Å². The Morgan fingerprint density at radius 2 is 2.05 bits per heavy atom. The number of hydrogen-bond donors (Lipinski definition) is 0. The van der Waals surface area contributed by atoms with Crippen LogP contribution >= 0.6 is 23.2 Å². The second-order valence-corrected chi connectivity index (χ2v) is 5.34. The molecule has 0 amide bonds. The molecule has 6 heteroatoms. The summed E-state index contributed by atoms with van der Waals surface area (Å²) in [7, 11) is 0. The molecule has 0 N–H and O–H groups in total. The first kappa shape index (κ1) is 14.6. The molecule has 0 saturated heterocycles. The average Bonchev–Trinajstić information content (AvgIpc) is 3.10. The van der Waals surface area contributed by atoms with E-state index in [0.717, 1.165) is 18.4 Å². The van der Waals surface area contributed by atoms with E-state index in [4.69, 9.17) is 27.9 Å². The molecular weight excluding hydrogens is 287 g/mol. The zero-order chi connectivity index (χ0) is 13.8. The van der Waals surface area contributed by atoms with Crippen molar-refractivity contribution in [2.45, 2.75) is 32.4 Å². The third kappa shape index (κ3) is 4.64. The fourth-order valence-electron chi connectivity index (χ4n) is 1.97. The summed E-state index contributed by atoms with van der Waals surface area (Å²) in [5.74, 6) is -0.194. The number of ether oxygens (including phenoxy) is 1. The van der Waals surface area contributed by atoms with Crippen molar-refractivity contribution in [2.75, 3.05) is 13.2 Å². The molecular formula is C13H16Cl2N2O2. The summed E-state index contributed by atoms with van der Waals surface area (Å²) in [5.41, 5.74) is 0.959. The third-order valence-corrected chi connectivity index (χ3v) is 3.30. The Morgan fingerprint density at radius 3 is 2.58 bits per heavy atom. The van der Waals surface area contributed by atoms with Crippen LogP contribution in [0.25, 0.3) is 0 Å². The van der Waals surface area contributed by atoms with E-state index in [1.54, 1.807) is 12.1 Å². The lowest BCUT2D eigenvalue weighted by molar-refractivity contribution is -0.144. The fraction of sp³-hybridized carbons (Fsp3) is 0.538. The lowest BCUT2D eigenvalue weighted by atomic mass is 10.2. The molecule has 0 bridgehead atoms. The minimum Gasteiger partial charge on any atom is -0.465 e. The number of pyridine rings is 1. The smallest absolute Gasteiger partial charge is 0.320 e. The van der Waals surface area contributed by atoms with E-state index >= 15 is 0 Å². The molecule has 4 nitrogen and oxygen atoms in total. The Labute approximate surface area is 122 Å². The van der Waals surface area contributed by atoms with Gasteiger partial charge in [-0.2, -0.15) is 0 Å². The topological polar surface area (TPSA) is 42.4 Å². The van der Waals surface area contributed by atoms with Gasteiger partial charge in [-0.05, 0) is 37.5 Å². The summed E-state index contributed by atoms with van der Waals surface area (Å²) in [6, 6.07) is 4.00. The van der Waals surface area contributed by atoms with Crippen LogP contribution in [0, 0.1) is 0 Å². The summed E-state index contributed by atoms with van der Waals surface area (Å²) in [6.07, 6.45) is 2.23. The molecule has 1 aliphatic carbocycles. The van der Waals surface area contributed by atoms with E-state index in [9.17, 15) is 4.79 Å². The van der Waals surface area contributed by atoms with Crippen LogP contribution in [0.4, 0.5) is 0 Å². The molecule has 0 aromatic carbocycles. The quantitative estimate of drug-likeness (QED) is 0.598. The molecule has 1 heterocycles. The molecule has 1 aromatic rings. The highest BCUT2D eigenvalue weighted by molar-refractivity contribution is 6.32. The highest BCUT2D eigenvalue weighted by Gasteiger charge is 2.30. The van der Waals surface area contributed by atoms with Crippen LogP contribution in [-0.2, 0) is 16.1 Å². The first-order valence-electron chi connectivity index (χ1n) is 6.30. The van der Waals surface area contributed by atoms with Crippen LogP contribution in [0.2, 0.25) is 10.3 Å². The van der Waals surface area contributed by atoms with Crippen molar-refractivity contribution in [3.8, 4) is 0 Å². The van der Waals surface area contributed by atoms with Gasteiger partial charge in [0.15, 0.2) is 0 Å². The largest absolute Gasteiger partial charge is 0.465 e. The molecule has 0 spiro atoms. The lowest BCUT2D eigenvalue weighted by Crippen LogP contribution is -2.32. The minimum absolute atomic E-state index is 0.194. The molecule has 1 aromatic heterocycles. The molecule has 0 aliphatic heterocycles. The van der Waals surface area contributed by atoms with E-state index in [1.165, 1.54) is 0 Å². The number of hydrogen-bond acceptors (Lipinski definition) is 4. The van der Waals surface area contributed by atoms with Crippen molar-refractivity contribution in [1.29, 1.82) is 0 Å². The van der Waals surface area contributed by atoms with Crippen LogP contribution < -0.4 is 0 Å². The Bertz CT molecular complexity index is 444. The molecule has 1 aliphatic rings. The zero-order valence-corrected chi connectivity index (χ0v) is 12.2. The van der Waals surface area contributed by atoms with Crippen molar-refractivity contribution in [3.63, 3.8) is 0 Å².